The van der Waals surface area contributed by atoms with Gasteiger partial charge in [-0.05, 0) is 24.3 Å². The molecule has 6 nitrogen and oxygen atoms in total. The molecular weight excluding hydrogens is 330 g/mol. The molecule has 0 atom stereocenters. The second-order valence-corrected chi connectivity index (χ2v) is 5.28. The van der Waals surface area contributed by atoms with E-state index in [9.17, 15) is 4.79 Å². The number of carbonyl (C=O) groups excluding carboxylic acids is 1. The maximum atomic E-state index is 11.7. The maximum absolute atomic E-state index is 11.7. The number of hydrogen-bond donors (Lipinski definition) is 1. The van der Waals surface area contributed by atoms with Crippen molar-refractivity contribution >= 4 is 17.7 Å². The van der Waals surface area contributed by atoms with Crippen molar-refractivity contribution in [1.82, 2.24) is 15.5 Å². The third kappa shape index (κ3) is 4.11. The van der Waals surface area contributed by atoms with Crippen LogP contribution in [0.3, 0.4) is 0 Å². The molecule has 0 saturated carbocycles. The lowest BCUT2D eigenvalue weighted by atomic mass is 10.2. The zero-order valence-electron chi connectivity index (χ0n) is 12.6. The standard InChI is InChI=1S/C17H14ClN3O3/c18-14-9-5-4-8-13(14)16-20-15(24-21-16)10-11-19-17(22)23-12-6-2-1-3-7-12/h1-9H,10-11H2,(H,19,22). The Morgan fingerprint density at radius 1 is 1.12 bits per heavy atom. The molecule has 24 heavy (non-hydrogen) atoms. The first kappa shape index (κ1) is 16.0. The number of hydrogen-bond acceptors (Lipinski definition) is 5. The molecule has 1 N–H and O–H groups in total. The van der Waals surface area contributed by atoms with Gasteiger partial charge in [-0.15, -0.1) is 0 Å². The van der Waals surface area contributed by atoms with Crippen LogP contribution < -0.4 is 10.1 Å². The smallest absolute Gasteiger partial charge is 0.410 e. The first-order valence-corrected chi connectivity index (χ1v) is 7.68. The fourth-order valence-corrected chi connectivity index (χ4v) is 2.23. The van der Waals surface area contributed by atoms with Crippen LogP contribution in [0.2, 0.25) is 5.02 Å². The predicted octanol–water partition coefficient (Wildman–Crippen LogP) is 3.72. The molecule has 1 aromatic heterocycles. The van der Waals surface area contributed by atoms with Crippen molar-refractivity contribution in [2.24, 2.45) is 0 Å². The lowest BCUT2D eigenvalue weighted by Crippen LogP contribution is -2.28. The maximum Gasteiger partial charge on any atom is 0.412 e. The van der Waals surface area contributed by atoms with Gasteiger partial charge in [0.15, 0.2) is 0 Å². The molecule has 122 valence electrons. The SMILES string of the molecule is O=C(NCCc1nc(-c2ccccc2Cl)no1)Oc1ccccc1. The molecule has 7 heteroatoms. The van der Waals surface area contributed by atoms with E-state index in [0.29, 0.717) is 41.0 Å². The Kier molecular flexibility index (Phi) is 5.08. The van der Waals surface area contributed by atoms with Crippen LogP contribution in [0.1, 0.15) is 5.89 Å². The first-order valence-electron chi connectivity index (χ1n) is 7.30. The fourth-order valence-electron chi connectivity index (χ4n) is 2.01. The molecule has 0 aliphatic rings. The number of halogens is 1. The van der Waals surface area contributed by atoms with Crippen LogP contribution in [0.15, 0.2) is 59.1 Å². The Morgan fingerprint density at radius 3 is 2.67 bits per heavy atom. The number of nitrogens with zero attached hydrogens (tertiary/aromatic N) is 2. The van der Waals surface area contributed by atoms with Gasteiger partial charge in [-0.1, -0.05) is 47.1 Å². The highest BCUT2D eigenvalue weighted by molar-refractivity contribution is 6.33. The number of benzene rings is 2. The highest BCUT2D eigenvalue weighted by atomic mass is 35.5. The van der Waals surface area contributed by atoms with Crippen molar-refractivity contribution < 1.29 is 14.1 Å². The van der Waals surface area contributed by atoms with E-state index < -0.39 is 6.09 Å². The summed E-state index contributed by atoms with van der Waals surface area (Å²) in [6.07, 6.45) is -0.145. The van der Waals surface area contributed by atoms with E-state index in [4.69, 9.17) is 20.9 Å². The molecule has 0 aliphatic carbocycles. The van der Waals surface area contributed by atoms with E-state index in [-0.39, 0.29) is 0 Å². The normalized spacial score (nSPS) is 10.4. The molecule has 0 unspecified atom stereocenters. The molecular formula is C17H14ClN3O3. The zero-order chi connectivity index (χ0) is 16.8. The van der Waals surface area contributed by atoms with Crippen molar-refractivity contribution in [2.75, 3.05) is 6.54 Å². The van der Waals surface area contributed by atoms with Crippen molar-refractivity contribution in [3.63, 3.8) is 0 Å². The second kappa shape index (κ2) is 7.61. The first-order chi connectivity index (χ1) is 11.7. The van der Waals surface area contributed by atoms with E-state index in [1.54, 1.807) is 30.3 Å². The monoisotopic (exact) mass is 343 g/mol. The molecule has 0 spiro atoms. The summed E-state index contributed by atoms with van der Waals surface area (Å²) in [6.45, 7) is 0.315. The van der Waals surface area contributed by atoms with Gasteiger partial charge < -0.3 is 14.6 Å². The summed E-state index contributed by atoms with van der Waals surface area (Å²) >= 11 is 6.10. The largest absolute Gasteiger partial charge is 0.412 e. The van der Waals surface area contributed by atoms with E-state index >= 15 is 0 Å². The van der Waals surface area contributed by atoms with E-state index in [2.05, 4.69) is 15.5 Å². The van der Waals surface area contributed by atoms with Gasteiger partial charge in [-0.25, -0.2) is 4.79 Å². The number of carbonyl (C=O) groups is 1. The minimum absolute atomic E-state index is 0.315. The number of nitrogens with one attached hydrogen (secondary N) is 1. The van der Waals surface area contributed by atoms with Crippen molar-refractivity contribution in [2.45, 2.75) is 6.42 Å². The number of rotatable bonds is 5. The van der Waals surface area contributed by atoms with Gasteiger partial charge in [0.25, 0.3) is 0 Å². The molecule has 2 aromatic carbocycles. The van der Waals surface area contributed by atoms with Gasteiger partial charge in [-0.3, -0.25) is 0 Å². The van der Waals surface area contributed by atoms with Crippen molar-refractivity contribution in [1.29, 1.82) is 0 Å². The summed E-state index contributed by atoms with van der Waals surface area (Å²) in [7, 11) is 0. The molecule has 3 rings (SSSR count). The van der Waals surface area contributed by atoms with Gasteiger partial charge in [0.2, 0.25) is 11.7 Å². The Bertz CT molecular complexity index is 821. The zero-order valence-corrected chi connectivity index (χ0v) is 13.4. The fraction of sp³-hybridized carbons (Fsp3) is 0.118. The van der Waals surface area contributed by atoms with Crippen LogP contribution in [0.5, 0.6) is 5.75 Å². The van der Waals surface area contributed by atoms with Gasteiger partial charge in [-0.2, -0.15) is 4.98 Å². The predicted molar refractivity (Wildman–Crippen MR) is 88.9 cm³/mol. The van der Waals surface area contributed by atoms with E-state index in [1.165, 1.54) is 0 Å². The lowest BCUT2D eigenvalue weighted by Gasteiger charge is -2.04. The quantitative estimate of drug-likeness (QED) is 0.764. The van der Waals surface area contributed by atoms with Gasteiger partial charge in [0.1, 0.15) is 5.75 Å². The topological polar surface area (TPSA) is 77.3 Å². The molecule has 1 heterocycles. The molecule has 0 fully saturated rings. The molecule has 0 saturated heterocycles. The molecule has 1 amide bonds. The Balaban J connectivity index is 1.51. The molecule has 3 aromatic rings. The van der Waals surface area contributed by atoms with Gasteiger partial charge in [0.05, 0.1) is 5.02 Å². The summed E-state index contributed by atoms with van der Waals surface area (Å²) in [5.41, 5.74) is 0.700. The average Bonchev–Trinajstić information content (AvgIpc) is 3.05. The second-order valence-electron chi connectivity index (χ2n) is 4.87. The highest BCUT2D eigenvalue weighted by Crippen LogP contribution is 2.24. The molecule has 0 radical (unpaired) electrons. The van der Waals surface area contributed by atoms with Crippen LogP contribution in [0.4, 0.5) is 4.79 Å². The van der Waals surface area contributed by atoms with Crippen LogP contribution in [-0.2, 0) is 6.42 Å². The minimum atomic E-state index is -0.535. The summed E-state index contributed by atoms with van der Waals surface area (Å²) in [6, 6.07) is 16.1. The minimum Gasteiger partial charge on any atom is -0.410 e. The Morgan fingerprint density at radius 2 is 1.88 bits per heavy atom. The number of para-hydroxylation sites is 1. The summed E-state index contributed by atoms with van der Waals surface area (Å²) in [4.78, 5) is 15.9. The van der Waals surface area contributed by atoms with Gasteiger partial charge >= 0.3 is 6.09 Å². The highest BCUT2D eigenvalue weighted by Gasteiger charge is 2.11. The lowest BCUT2D eigenvalue weighted by molar-refractivity contribution is 0.200. The van der Waals surface area contributed by atoms with Crippen LogP contribution >= 0.6 is 11.6 Å². The van der Waals surface area contributed by atoms with Crippen LogP contribution in [0, 0.1) is 0 Å². The molecule has 0 bridgehead atoms. The van der Waals surface area contributed by atoms with Gasteiger partial charge in [0, 0.05) is 18.5 Å². The number of amides is 1. The van der Waals surface area contributed by atoms with Crippen molar-refractivity contribution in [3.05, 3.63) is 65.5 Å². The Labute approximate surface area is 143 Å². The third-order valence-corrected chi connectivity index (χ3v) is 3.47. The Hall–Kier alpha value is -2.86. The summed E-state index contributed by atoms with van der Waals surface area (Å²) in [5.74, 6) is 1.31. The summed E-state index contributed by atoms with van der Waals surface area (Å²) in [5, 5.41) is 7.07. The molecule has 0 aliphatic heterocycles. The summed E-state index contributed by atoms with van der Waals surface area (Å²) < 4.78 is 10.3. The number of ether oxygens (including phenoxy) is 1. The third-order valence-electron chi connectivity index (χ3n) is 3.14. The van der Waals surface area contributed by atoms with Crippen LogP contribution in [0.25, 0.3) is 11.4 Å². The number of aromatic nitrogens is 2. The van der Waals surface area contributed by atoms with Crippen molar-refractivity contribution in [3.8, 4) is 17.1 Å². The van der Waals surface area contributed by atoms with E-state index in [1.807, 2.05) is 24.3 Å². The average molecular weight is 344 g/mol. The van der Waals surface area contributed by atoms with Crippen LogP contribution in [-0.4, -0.2) is 22.8 Å². The van der Waals surface area contributed by atoms with E-state index in [0.717, 1.165) is 0 Å².